The maximum absolute atomic E-state index is 11.8. The molecule has 2 aliphatic heterocycles. The largest absolute Gasteiger partial charge is 0.450 e. The first-order valence-corrected chi connectivity index (χ1v) is 9.63. The van der Waals surface area contributed by atoms with Crippen molar-refractivity contribution in [3.8, 4) is 0 Å². The molecule has 0 aliphatic carbocycles. The van der Waals surface area contributed by atoms with Gasteiger partial charge in [0.2, 0.25) is 0 Å². The van der Waals surface area contributed by atoms with Gasteiger partial charge in [0, 0.05) is 25.7 Å². The molecule has 27 heavy (non-hydrogen) atoms. The number of rotatable bonds is 5. The van der Waals surface area contributed by atoms with Gasteiger partial charge in [-0.3, -0.25) is 4.90 Å². The van der Waals surface area contributed by atoms with Gasteiger partial charge in [0.05, 0.1) is 12.3 Å². The van der Waals surface area contributed by atoms with Crippen molar-refractivity contribution in [3.63, 3.8) is 0 Å². The Labute approximate surface area is 167 Å². The highest BCUT2D eigenvalue weighted by Gasteiger charge is 2.29. The fraction of sp³-hybridized carbons (Fsp3) is 0.600. The Balaban J connectivity index is 0.00000261. The SMILES string of the molecule is CCOC(=O)N1CCC(N2CCC/C(=N\OCc3ccccc3)C2)CC1.Cl. The van der Waals surface area contributed by atoms with Gasteiger partial charge in [-0.25, -0.2) is 4.79 Å². The van der Waals surface area contributed by atoms with Crippen LogP contribution in [0.5, 0.6) is 0 Å². The van der Waals surface area contributed by atoms with E-state index in [0.29, 0.717) is 19.3 Å². The van der Waals surface area contributed by atoms with Crippen LogP contribution in [0.2, 0.25) is 0 Å². The second-order valence-electron chi connectivity index (χ2n) is 6.91. The van der Waals surface area contributed by atoms with Crippen molar-refractivity contribution in [1.82, 2.24) is 9.80 Å². The summed E-state index contributed by atoms with van der Waals surface area (Å²) in [5, 5.41) is 4.38. The third-order valence-electron chi connectivity index (χ3n) is 5.07. The Morgan fingerprint density at radius 1 is 1.19 bits per heavy atom. The molecule has 2 heterocycles. The summed E-state index contributed by atoms with van der Waals surface area (Å²) in [7, 11) is 0. The summed E-state index contributed by atoms with van der Waals surface area (Å²) in [5.74, 6) is 0. The molecule has 0 spiro atoms. The van der Waals surface area contributed by atoms with Crippen molar-refractivity contribution in [1.29, 1.82) is 0 Å². The number of hydrogen-bond acceptors (Lipinski definition) is 5. The summed E-state index contributed by atoms with van der Waals surface area (Å²) < 4.78 is 5.10. The number of likely N-dealkylation sites (tertiary alicyclic amines) is 2. The Kier molecular flexibility index (Phi) is 8.88. The number of nitrogens with zero attached hydrogens (tertiary/aromatic N) is 3. The molecule has 0 N–H and O–H groups in total. The minimum atomic E-state index is -0.179. The molecule has 1 aromatic rings. The molecular formula is C20H30ClN3O3. The normalized spacial score (nSPS) is 20.2. The van der Waals surface area contributed by atoms with E-state index in [9.17, 15) is 4.79 Å². The van der Waals surface area contributed by atoms with Crippen LogP contribution < -0.4 is 0 Å². The van der Waals surface area contributed by atoms with Crippen LogP contribution in [0.4, 0.5) is 4.79 Å². The molecule has 0 saturated carbocycles. The predicted octanol–water partition coefficient (Wildman–Crippen LogP) is 3.70. The standard InChI is InChI=1S/C20H29N3O3.ClH/c1-2-25-20(24)22-13-10-19(11-14-22)23-12-6-9-18(15-23)21-26-16-17-7-4-3-5-8-17;/h3-5,7-8,19H,2,6,9-16H2,1H3;1H/b21-18+;. The maximum atomic E-state index is 11.8. The first kappa shape index (κ1) is 21.5. The molecule has 3 rings (SSSR count). The van der Waals surface area contributed by atoms with E-state index in [1.807, 2.05) is 42.2 Å². The van der Waals surface area contributed by atoms with Crippen LogP contribution >= 0.6 is 12.4 Å². The van der Waals surface area contributed by atoms with E-state index in [2.05, 4.69) is 10.1 Å². The fourth-order valence-corrected chi connectivity index (χ4v) is 3.67. The number of hydrogen-bond donors (Lipinski definition) is 0. The molecule has 150 valence electrons. The van der Waals surface area contributed by atoms with E-state index in [1.165, 1.54) is 0 Å². The summed E-state index contributed by atoms with van der Waals surface area (Å²) in [6, 6.07) is 10.6. The molecule has 6 nitrogen and oxygen atoms in total. The number of benzene rings is 1. The van der Waals surface area contributed by atoms with E-state index in [0.717, 1.165) is 63.1 Å². The molecule has 2 fully saturated rings. The van der Waals surface area contributed by atoms with Gasteiger partial charge in [-0.15, -0.1) is 12.4 Å². The number of carbonyl (C=O) groups is 1. The van der Waals surface area contributed by atoms with Crippen molar-refractivity contribution in [2.75, 3.05) is 32.8 Å². The lowest BCUT2D eigenvalue weighted by molar-refractivity contribution is 0.0756. The smallest absolute Gasteiger partial charge is 0.409 e. The van der Waals surface area contributed by atoms with Gasteiger partial charge < -0.3 is 14.5 Å². The maximum Gasteiger partial charge on any atom is 0.409 e. The molecule has 0 unspecified atom stereocenters. The summed E-state index contributed by atoms with van der Waals surface area (Å²) in [5.41, 5.74) is 2.26. The van der Waals surface area contributed by atoms with E-state index in [1.54, 1.807) is 0 Å². The Morgan fingerprint density at radius 2 is 1.93 bits per heavy atom. The second kappa shape index (κ2) is 11.1. The predicted molar refractivity (Wildman–Crippen MR) is 108 cm³/mol. The average molecular weight is 396 g/mol. The molecular weight excluding hydrogens is 366 g/mol. The van der Waals surface area contributed by atoms with E-state index < -0.39 is 0 Å². The summed E-state index contributed by atoms with van der Waals surface area (Å²) in [4.78, 5) is 21.7. The number of oxime groups is 1. The van der Waals surface area contributed by atoms with Gasteiger partial charge in [0.25, 0.3) is 0 Å². The van der Waals surface area contributed by atoms with Crippen molar-refractivity contribution in [3.05, 3.63) is 35.9 Å². The lowest BCUT2D eigenvalue weighted by atomic mass is 9.99. The zero-order valence-corrected chi connectivity index (χ0v) is 16.8. The van der Waals surface area contributed by atoms with Gasteiger partial charge in [-0.1, -0.05) is 35.5 Å². The number of carbonyl (C=O) groups excluding carboxylic acids is 1. The molecule has 7 heteroatoms. The van der Waals surface area contributed by atoms with Crippen LogP contribution in [0.15, 0.2) is 35.5 Å². The zero-order chi connectivity index (χ0) is 18.2. The van der Waals surface area contributed by atoms with Crippen molar-refractivity contribution >= 4 is 24.2 Å². The van der Waals surface area contributed by atoms with Crippen LogP contribution in [0, 0.1) is 0 Å². The lowest BCUT2D eigenvalue weighted by Crippen LogP contribution is -2.49. The van der Waals surface area contributed by atoms with Gasteiger partial charge >= 0.3 is 6.09 Å². The first-order chi connectivity index (χ1) is 12.8. The minimum absolute atomic E-state index is 0. The van der Waals surface area contributed by atoms with Crippen LogP contribution in [0.1, 0.15) is 38.2 Å². The highest BCUT2D eigenvalue weighted by atomic mass is 35.5. The lowest BCUT2D eigenvalue weighted by Gasteiger charge is -2.39. The number of piperidine rings is 2. The van der Waals surface area contributed by atoms with Crippen LogP contribution in [-0.4, -0.2) is 60.4 Å². The van der Waals surface area contributed by atoms with E-state index in [4.69, 9.17) is 9.57 Å². The van der Waals surface area contributed by atoms with Crippen LogP contribution in [0.25, 0.3) is 0 Å². The third-order valence-corrected chi connectivity index (χ3v) is 5.07. The Hall–Kier alpha value is -1.79. The van der Waals surface area contributed by atoms with Crippen molar-refractivity contribution in [2.45, 2.75) is 45.3 Å². The zero-order valence-electron chi connectivity index (χ0n) is 16.0. The monoisotopic (exact) mass is 395 g/mol. The number of amides is 1. The molecule has 0 bridgehead atoms. The number of halogens is 1. The van der Waals surface area contributed by atoms with Crippen LogP contribution in [-0.2, 0) is 16.2 Å². The summed E-state index contributed by atoms with van der Waals surface area (Å²) in [6.07, 6.45) is 3.94. The van der Waals surface area contributed by atoms with Gasteiger partial charge in [-0.05, 0) is 44.7 Å². The van der Waals surface area contributed by atoms with Gasteiger partial charge in [0.15, 0.2) is 0 Å². The quantitative estimate of drug-likeness (QED) is 0.713. The summed E-state index contributed by atoms with van der Waals surface area (Å²) >= 11 is 0. The number of ether oxygens (including phenoxy) is 1. The highest BCUT2D eigenvalue weighted by Crippen LogP contribution is 2.21. The average Bonchev–Trinajstić information content (AvgIpc) is 2.69. The minimum Gasteiger partial charge on any atom is -0.450 e. The molecule has 0 radical (unpaired) electrons. The molecule has 1 amide bonds. The Bertz CT molecular complexity index is 604. The third kappa shape index (κ3) is 6.40. The molecule has 0 aromatic heterocycles. The van der Waals surface area contributed by atoms with Crippen LogP contribution in [0.3, 0.4) is 0 Å². The molecule has 2 aliphatic rings. The highest BCUT2D eigenvalue weighted by molar-refractivity contribution is 5.86. The molecule has 0 atom stereocenters. The van der Waals surface area contributed by atoms with Crippen molar-refractivity contribution in [2.24, 2.45) is 5.16 Å². The molecule has 1 aromatic carbocycles. The van der Waals surface area contributed by atoms with Gasteiger partial charge in [-0.2, -0.15) is 0 Å². The van der Waals surface area contributed by atoms with Gasteiger partial charge in [0.1, 0.15) is 6.61 Å². The first-order valence-electron chi connectivity index (χ1n) is 9.63. The molecule has 2 saturated heterocycles. The Morgan fingerprint density at radius 3 is 2.63 bits per heavy atom. The van der Waals surface area contributed by atoms with E-state index >= 15 is 0 Å². The van der Waals surface area contributed by atoms with E-state index in [-0.39, 0.29) is 18.5 Å². The summed E-state index contributed by atoms with van der Waals surface area (Å²) in [6.45, 7) is 6.32. The van der Waals surface area contributed by atoms with Crippen molar-refractivity contribution < 1.29 is 14.4 Å². The fourth-order valence-electron chi connectivity index (χ4n) is 3.67. The topological polar surface area (TPSA) is 54.4 Å². The second-order valence-corrected chi connectivity index (χ2v) is 6.91.